The highest BCUT2D eigenvalue weighted by atomic mass is 32.1. The summed E-state index contributed by atoms with van der Waals surface area (Å²) < 4.78 is 12.6. The smallest absolute Gasteiger partial charge is 0.231 e. The first kappa shape index (κ1) is 23.8. The zero-order chi connectivity index (χ0) is 24.4. The van der Waals surface area contributed by atoms with Crippen molar-refractivity contribution in [2.45, 2.75) is 39.7 Å². The number of aromatic amines is 1. The van der Waals surface area contributed by atoms with Crippen molar-refractivity contribution in [2.24, 2.45) is 0 Å². The van der Waals surface area contributed by atoms with Crippen LogP contribution in [0.3, 0.4) is 0 Å². The number of nitrogens with zero attached hydrogens (tertiary/aromatic N) is 4. The monoisotopic (exact) mass is 495 g/mol. The Labute approximate surface area is 209 Å². The third-order valence-corrected chi connectivity index (χ3v) is 6.75. The van der Waals surface area contributed by atoms with E-state index in [4.69, 9.17) is 14.5 Å². The Hall–Kier alpha value is -2.95. The number of nitrogens with one attached hydrogen (secondary N) is 3. The van der Waals surface area contributed by atoms with Crippen molar-refractivity contribution in [1.82, 2.24) is 24.8 Å². The average Bonchev–Trinajstić information content (AvgIpc) is 3.42. The second kappa shape index (κ2) is 9.96. The Morgan fingerprint density at radius 3 is 2.74 bits per heavy atom. The normalized spacial score (nSPS) is 15.1. The third-order valence-electron chi connectivity index (χ3n) is 5.74. The number of benzene rings is 1. The van der Waals surface area contributed by atoms with Crippen LogP contribution in [0.25, 0.3) is 21.3 Å². The van der Waals surface area contributed by atoms with E-state index in [-0.39, 0.29) is 5.54 Å². The minimum absolute atomic E-state index is 0.149. The summed E-state index contributed by atoms with van der Waals surface area (Å²) in [6, 6.07) is 8.35. The summed E-state index contributed by atoms with van der Waals surface area (Å²) in [6.45, 7) is 13.6. The highest BCUT2D eigenvalue weighted by Gasteiger charge is 2.18. The standard InChI is InChI=1S/C25H33N7O2S/c1-5-19-27-21-22(28-19)29-24(30-23(21)31-25(2,3)4)26-17-7-6-16-14-20(35-18(16)15-17)34-13-10-32-8-11-33-12-9-32/h6-7,14-15H,5,8-13H2,1-4H3,(H3,26,27,28,29,30,31). The molecular weight excluding hydrogens is 462 g/mol. The lowest BCUT2D eigenvalue weighted by Crippen LogP contribution is -2.38. The Bertz CT molecular complexity index is 1300. The number of fused-ring (bicyclic) bond motifs is 2. The predicted octanol–water partition coefficient (Wildman–Crippen LogP) is 4.80. The molecule has 5 rings (SSSR count). The van der Waals surface area contributed by atoms with Gasteiger partial charge in [-0.3, -0.25) is 4.90 Å². The molecule has 4 aromatic rings. The molecule has 3 aromatic heterocycles. The van der Waals surface area contributed by atoms with Crippen molar-refractivity contribution >= 4 is 50.0 Å². The van der Waals surface area contributed by atoms with Crippen LogP contribution >= 0.6 is 11.3 Å². The maximum absolute atomic E-state index is 6.05. The lowest BCUT2D eigenvalue weighted by atomic mass is 10.1. The topological polar surface area (TPSA) is 100 Å². The second-order valence-corrected chi connectivity index (χ2v) is 10.8. The molecule has 0 radical (unpaired) electrons. The number of morpholine rings is 1. The van der Waals surface area contributed by atoms with E-state index in [0.717, 1.165) is 77.3 Å². The number of H-pyrrole nitrogens is 1. The van der Waals surface area contributed by atoms with Gasteiger partial charge >= 0.3 is 0 Å². The van der Waals surface area contributed by atoms with Gasteiger partial charge in [0.05, 0.1) is 13.2 Å². The molecule has 1 saturated heterocycles. The van der Waals surface area contributed by atoms with E-state index >= 15 is 0 Å². The molecule has 0 atom stereocenters. The zero-order valence-corrected chi connectivity index (χ0v) is 21.6. The van der Waals surface area contributed by atoms with E-state index in [9.17, 15) is 0 Å². The first-order chi connectivity index (χ1) is 16.9. The van der Waals surface area contributed by atoms with Gasteiger partial charge in [-0.05, 0) is 44.4 Å². The number of imidazole rings is 1. The van der Waals surface area contributed by atoms with Crippen molar-refractivity contribution in [3.05, 3.63) is 30.1 Å². The van der Waals surface area contributed by atoms with E-state index in [1.807, 2.05) is 6.07 Å². The Kier molecular flexibility index (Phi) is 6.77. The van der Waals surface area contributed by atoms with Crippen molar-refractivity contribution < 1.29 is 9.47 Å². The molecule has 0 bridgehead atoms. The van der Waals surface area contributed by atoms with Gasteiger partial charge in [0.2, 0.25) is 5.95 Å². The second-order valence-electron chi connectivity index (χ2n) is 9.75. The molecule has 1 aliphatic rings. The lowest BCUT2D eigenvalue weighted by molar-refractivity contribution is 0.0324. The molecule has 3 N–H and O–H groups in total. The molecule has 1 aromatic carbocycles. The molecule has 9 nitrogen and oxygen atoms in total. The quantitative estimate of drug-likeness (QED) is 0.321. The number of anilines is 3. The molecule has 1 fully saturated rings. The van der Waals surface area contributed by atoms with E-state index < -0.39 is 0 Å². The van der Waals surface area contributed by atoms with Crippen LogP contribution in [0.15, 0.2) is 24.3 Å². The Morgan fingerprint density at radius 1 is 1.14 bits per heavy atom. The van der Waals surface area contributed by atoms with Crippen LogP contribution in [0.2, 0.25) is 0 Å². The van der Waals surface area contributed by atoms with Crippen molar-refractivity contribution in [2.75, 3.05) is 50.1 Å². The molecule has 0 unspecified atom stereocenters. The van der Waals surface area contributed by atoms with Gasteiger partial charge in [-0.15, -0.1) is 0 Å². The van der Waals surface area contributed by atoms with E-state index in [1.165, 1.54) is 0 Å². The maximum atomic E-state index is 6.05. The number of aryl methyl sites for hydroxylation is 1. The van der Waals surface area contributed by atoms with Crippen LogP contribution in [0.4, 0.5) is 17.5 Å². The Balaban J connectivity index is 1.32. The van der Waals surface area contributed by atoms with Gasteiger partial charge in [-0.2, -0.15) is 9.97 Å². The van der Waals surface area contributed by atoms with Gasteiger partial charge in [0.15, 0.2) is 16.5 Å². The summed E-state index contributed by atoms with van der Waals surface area (Å²) in [5.41, 5.74) is 2.25. The minimum Gasteiger partial charge on any atom is -0.483 e. The third kappa shape index (κ3) is 5.83. The predicted molar refractivity (Wildman–Crippen MR) is 142 cm³/mol. The lowest BCUT2D eigenvalue weighted by Gasteiger charge is -2.26. The van der Waals surface area contributed by atoms with Crippen molar-refractivity contribution in [3.63, 3.8) is 0 Å². The molecule has 1 aliphatic heterocycles. The van der Waals surface area contributed by atoms with Gasteiger partial charge in [0.1, 0.15) is 17.9 Å². The van der Waals surface area contributed by atoms with Gasteiger partial charge in [-0.1, -0.05) is 24.3 Å². The van der Waals surface area contributed by atoms with Crippen LogP contribution in [0, 0.1) is 0 Å². The molecule has 4 heterocycles. The number of thiophene rings is 1. The zero-order valence-electron chi connectivity index (χ0n) is 20.8. The Morgan fingerprint density at radius 2 is 1.97 bits per heavy atom. The van der Waals surface area contributed by atoms with Crippen LogP contribution in [0.1, 0.15) is 33.5 Å². The first-order valence-electron chi connectivity index (χ1n) is 12.1. The summed E-state index contributed by atoms with van der Waals surface area (Å²) in [5, 5.41) is 8.94. The molecule has 35 heavy (non-hydrogen) atoms. The average molecular weight is 496 g/mol. The maximum Gasteiger partial charge on any atom is 0.231 e. The SMILES string of the molecule is CCc1nc2nc(Nc3ccc4cc(OCCN5CCOCC5)sc4c3)nc(NC(C)(C)C)c2[nH]1. The fraction of sp³-hybridized carbons (Fsp3) is 0.480. The molecule has 186 valence electrons. The van der Waals surface area contributed by atoms with Crippen LogP contribution in [-0.2, 0) is 11.2 Å². The first-order valence-corrected chi connectivity index (χ1v) is 13.0. The van der Waals surface area contributed by atoms with Gasteiger partial charge in [0.25, 0.3) is 0 Å². The number of hydrogen-bond donors (Lipinski definition) is 3. The van der Waals surface area contributed by atoms with E-state index in [0.29, 0.717) is 18.2 Å². The van der Waals surface area contributed by atoms with E-state index in [1.54, 1.807) is 11.3 Å². The van der Waals surface area contributed by atoms with Crippen molar-refractivity contribution in [3.8, 4) is 5.06 Å². The molecule has 0 amide bonds. The van der Waals surface area contributed by atoms with Crippen molar-refractivity contribution in [1.29, 1.82) is 0 Å². The van der Waals surface area contributed by atoms with Gasteiger partial charge in [0, 0.05) is 42.0 Å². The summed E-state index contributed by atoms with van der Waals surface area (Å²) in [7, 11) is 0. The van der Waals surface area contributed by atoms with Crippen LogP contribution < -0.4 is 15.4 Å². The van der Waals surface area contributed by atoms with Gasteiger partial charge in [-0.25, -0.2) is 4.98 Å². The summed E-state index contributed by atoms with van der Waals surface area (Å²) >= 11 is 1.65. The number of rotatable bonds is 8. The highest BCUT2D eigenvalue weighted by molar-refractivity contribution is 7.20. The largest absolute Gasteiger partial charge is 0.483 e. The number of aromatic nitrogens is 4. The summed E-state index contributed by atoms with van der Waals surface area (Å²) in [4.78, 5) is 19.8. The minimum atomic E-state index is -0.149. The molecule has 0 aliphatic carbocycles. The number of ether oxygens (including phenoxy) is 2. The fourth-order valence-electron chi connectivity index (χ4n) is 4.00. The van der Waals surface area contributed by atoms with Gasteiger partial charge < -0.3 is 25.1 Å². The fourth-order valence-corrected chi connectivity index (χ4v) is 4.97. The number of hydrogen-bond acceptors (Lipinski definition) is 9. The molecule has 0 saturated carbocycles. The summed E-state index contributed by atoms with van der Waals surface area (Å²) in [6.07, 6.45) is 0.806. The molecule has 0 spiro atoms. The molecular formula is C25H33N7O2S. The summed E-state index contributed by atoms with van der Waals surface area (Å²) in [5.74, 6) is 2.14. The molecule has 10 heteroatoms. The van der Waals surface area contributed by atoms with Crippen LogP contribution in [0.5, 0.6) is 5.06 Å². The van der Waals surface area contributed by atoms with Crippen LogP contribution in [-0.4, -0.2) is 69.8 Å². The van der Waals surface area contributed by atoms with E-state index in [2.05, 4.69) is 76.4 Å². The highest BCUT2D eigenvalue weighted by Crippen LogP contribution is 2.34.